The van der Waals surface area contributed by atoms with E-state index in [0.29, 0.717) is 12.2 Å². The highest BCUT2D eigenvalue weighted by atomic mass is 16.5. The van der Waals surface area contributed by atoms with Gasteiger partial charge in [0.1, 0.15) is 5.69 Å². The Morgan fingerprint density at radius 2 is 1.91 bits per heavy atom. The van der Waals surface area contributed by atoms with E-state index in [9.17, 15) is 4.79 Å². The number of aryl methyl sites for hydroxylation is 1. The van der Waals surface area contributed by atoms with Gasteiger partial charge in [0, 0.05) is 18.2 Å². The van der Waals surface area contributed by atoms with Crippen molar-refractivity contribution in [3.8, 4) is 11.3 Å². The fraction of sp³-hybridized carbons (Fsp3) is 0.158. The van der Waals surface area contributed by atoms with Gasteiger partial charge >= 0.3 is 0 Å². The summed E-state index contributed by atoms with van der Waals surface area (Å²) in [4.78, 5) is 12.1. The number of nitrogens with zero attached hydrogens (tertiary/aromatic N) is 1. The van der Waals surface area contributed by atoms with Crippen LogP contribution in [0.2, 0.25) is 0 Å². The van der Waals surface area contributed by atoms with Crippen LogP contribution in [0.15, 0.2) is 65.2 Å². The molecule has 1 amide bonds. The molecule has 0 atom stereocenters. The van der Waals surface area contributed by atoms with Crippen molar-refractivity contribution in [2.75, 3.05) is 6.54 Å². The Morgan fingerprint density at radius 3 is 2.70 bits per heavy atom. The van der Waals surface area contributed by atoms with E-state index in [2.05, 4.69) is 35.6 Å². The second-order valence-electron chi connectivity index (χ2n) is 5.44. The van der Waals surface area contributed by atoms with Gasteiger partial charge in [-0.25, -0.2) is 0 Å². The number of carbonyl (C=O) groups is 1. The van der Waals surface area contributed by atoms with E-state index >= 15 is 0 Å². The third-order valence-electron chi connectivity index (χ3n) is 3.59. The first kappa shape index (κ1) is 15.0. The minimum Gasteiger partial charge on any atom is -0.350 e. The molecule has 4 nitrogen and oxygen atoms in total. The maximum absolute atomic E-state index is 12.1. The summed E-state index contributed by atoms with van der Waals surface area (Å²) in [6, 6.07) is 19.6. The molecule has 2 aromatic carbocycles. The van der Waals surface area contributed by atoms with E-state index in [1.807, 2.05) is 36.4 Å². The van der Waals surface area contributed by atoms with E-state index in [-0.39, 0.29) is 11.7 Å². The zero-order chi connectivity index (χ0) is 16.1. The van der Waals surface area contributed by atoms with Gasteiger partial charge in [0.25, 0.3) is 5.91 Å². The lowest BCUT2D eigenvalue weighted by molar-refractivity contribution is 0.0917. The quantitative estimate of drug-likeness (QED) is 0.783. The van der Waals surface area contributed by atoms with Gasteiger partial charge < -0.3 is 9.84 Å². The van der Waals surface area contributed by atoms with Crippen LogP contribution >= 0.6 is 0 Å². The van der Waals surface area contributed by atoms with E-state index in [1.54, 1.807) is 6.07 Å². The second kappa shape index (κ2) is 6.92. The highest BCUT2D eigenvalue weighted by Crippen LogP contribution is 2.18. The summed E-state index contributed by atoms with van der Waals surface area (Å²) < 4.78 is 5.14. The van der Waals surface area contributed by atoms with Gasteiger partial charge in [-0.1, -0.05) is 65.3 Å². The molecule has 3 rings (SSSR count). The number of hydrogen-bond acceptors (Lipinski definition) is 3. The number of benzene rings is 2. The van der Waals surface area contributed by atoms with Crippen LogP contribution in [0.4, 0.5) is 0 Å². The first-order valence-corrected chi connectivity index (χ1v) is 7.58. The Bertz CT molecular complexity index is 794. The second-order valence-corrected chi connectivity index (χ2v) is 5.44. The highest BCUT2D eigenvalue weighted by Gasteiger charge is 2.13. The Balaban J connectivity index is 1.58. The largest absolute Gasteiger partial charge is 0.350 e. The first-order chi connectivity index (χ1) is 11.2. The number of nitrogens with one attached hydrogen (secondary N) is 1. The molecule has 0 aliphatic heterocycles. The van der Waals surface area contributed by atoms with Crippen molar-refractivity contribution in [3.63, 3.8) is 0 Å². The molecule has 0 saturated carbocycles. The van der Waals surface area contributed by atoms with Gasteiger partial charge in [0.05, 0.1) is 0 Å². The van der Waals surface area contributed by atoms with Crippen LogP contribution in [0.25, 0.3) is 11.3 Å². The van der Waals surface area contributed by atoms with Gasteiger partial charge in [-0.05, 0) is 18.9 Å². The molecule has 0 saturated heterocycles. The van der Waals surface area contributed by atoms with E-state index in [0.717, 1.165) is 12.0 Å². The van der Waals surface area contributed by atoms with Crippen molar-refractivity contribution in [3.05, 3.63) is 77.6 Å². The van der Waals surface area contributed by atoms with Crippen molar-refractivity contribution in [1.29, 1.82) is 0 Å². The van der Waals surface area contributed by atoms with Crippen molar-refractivity contribution >= 4 is 5.91 Å². The molecule has 0 spiro atoms. The molecule has 0 bridgehead atoms. The molecule has 1 aromatic heterocycles. The third-order valence-corrected chi connectivity index (χ3v) is 3.59. The molecular weight excluding hydrogens is 288 g/mol. The number of hydrogen-bond donors (Lipinski definition) is 1. The predicted octanol–water partition coefficient (Wildman–Crippen LogP) is 3.62. The maximum Gasteiger partial charge on any atom is 0.289 e. The zero-order valence-corrected chi connectivity index (χ0v) is 13.0. The van der Waals surface area contributed by atoms with E-state index in [4.69, 9.17) is 4.52 Å². The van der Waals surface area contributed by atoms with Crippen molar-refractivity contribution in [2.45, 2.75) is 13.3 Å². The molecule has 0 unspecified atom stereocenters. The van der Waals surface area contributed by atoms with E-state index < -0.39 is 0 Å². The average molecular weight is 306 g/mol. The van der Waals surface area contributed by atoms with E-state index in [1.165, 1.54) is 11.1 Å². The highest BCUT2D eigenvalue weighted by molar-refractivity contribution is 5.92. The van der Waals surface area contributed by atoms with Crippen molar-refractivity contribution < 1.29 is 9.32 Å². The Labute approximate surface area is 135 Å². The Kier molecular flexibility index (Phi) is 4.52. The molecule has 4 heteroatoms. The zero-order valence-electron chi connectivity index (χ0n) is 13.0. The monoisotopic (exact) mass is 306 g/mol. The van der Waals surface area contributed by atoms with Gasteiger partial charge in [-0.15, -0.1) is 0 Å². The maximum atomic E-state index is 12.1. The van der Waals surface area contributed by atoms with Crippen molar-refractivity contribution in [1.82, 2.24) is 10.5 Å². The lowest BCUT2D eigenvalue weighted by atomic mass is 10.1. The standard InChI is InChI=1S/C19H18N2O2/c1-14-6-5-7-15(12-14)10-11-20-19(22)18-13-17(21-23-18)16-8-3-2-4-9-16/h2-9,12-13H,10-11H2,1H3,(H,20,22). The smallest absolute Gasteiger partial charge is 0.289 e. The number of rotatable bonds is 5. The molecule has 116 valence electrons. The Morgan fingerprint density at radius 1 is 1.09 bits per heavy atom. The van der Waals surface area contributed by atoms with Gasteiger partial charge in [0.2, 0.25) is 5.76 Å². The molecule has 1 N–H and O–H groups in total. The van der Waals surface area contributed by atoms with Crippen molar-refractivity contribution in [2.24, 2.45) is 0 Å². The first-order valence-electron chi connectivity index (χ1n) is 7.58. The number of amides is 1. The van der Waals surface area contributed by atoms with Crippen LogP contribution in [0.1, 0.15) is 21.7 Å². The predicted molar refractivity (Wildman–Crippen MR) is 89.2 cm³/mol. The lowest BCUT2D eigenvalue weighted by Gasteiger charge is -2.04. The summed E-state index contributed by atoms with van der Waals surface area (Å²) in [5, 5.41) is 6.81. The third kappa shape index (κ3) is 3.86. The topological polar surface area (TPSA) is 55.1 Å². The summed E-state index contributed by atoms with van der Waals surface area (Å²) in [6.07, 6.45) is 0.785. The summed E-state index contributed by atoms with van der Waals surface area (Å²) in [6.45, 7) is 2.62. The molecule has 3 aromatic rings. The number of carbonyl (C=O) groups excluding carboxylic acids is 1. The summed E-state index contributed by atoms with van der Waals surface area (Å²) in [5.74, 6) is -0.0135. The molecule has 1 heterocycles. The summed E-state index contributed by atoms with van der Waals surface area (Å²) >= 11 is 0. The average Bonchev–Trinajstić information content (AvgIpc) is 3.06. The normalized spacial score (nSPS) is 10.5. The van der Waals surface area contributed by atoms with Crippen LogP contribution in [0, 0.1) is 6.92 Å². The minimum atomic E-state index is -0.243. The summed E-state index contributed by atoms with van der Waals surface area (Å²) in [7, 11) is 0. The van der Waals surface area contributed by atoms with Crippen LogP contribution in [-0.4, -0.2) is 17.6 Å². The minimum absolute atomic E-state index is 0.230. The fourth-order valence-corrected chi connectivity index (χ4v) is 2.40. The van der Waals surface area contributed by atoms with Gasteiger partial charge in [-0.2, -0.15) is 0 Å². The van der Waals surface area contributed by atoms with Crippen LogP contribution < -0.4 is 5.32 Å². The van der Waals surface area contributed by atoms with Crippen LogP contribution in [-0.2, 0) is 6.42 Å². The number of aromatic nitrogens is 1. The lowest BCUT2D eigenvalue weighted by Crippen LogP contribution is -2.25. The molecular formula is C19H18N2O2. The Hall–Kier alpha value is -2.88. The molecule has 0 fully saturated rings. The van der Waals surface area contributed by atoms with Crippen LogP contribution in [0.3, 0.4) is 0 Å². The molecule has 0 aliphatic carbocycles. The van der Waals surface area contributed by atoms with Gasteiger partial charge in [-0.3, -0.25) is 4.79 Å². The fourth-order valence-electron chi connectivity index (χ4n) is 2.40. The molecule has 0 radical (unpaired) electrons. The molecule has 0 aliphatic rings. The summed E-state index contributed by atoms with van der Waals surface area (Å²) in [5.41, 5.74) is 4.01. The van der Waals surface area contributed by atoms with Gasteiger partial charge in [0.15, 0.2) is 0 Å². The SMILES string of the molecule is Cc1cccc(CCNC(=O)c2cc(-c3ccccc3)no2)c1. The molecule has 23 heavy (non-hydrogen) atoms. The van der Waals surface area contributed by atoms with Crippen LogP contribution in [0.5, 0.6) is 0 Å².